The van der Waals surface area contributed by atoms with Crippen molar-refractivity contribution >= 4 is 11.8 Å². The molecule has 1 aromatic carbocycles. The van der Waals surface area contributed by atoms with Gasteiger partial charge in [0.25, 0.3) is 0 Å². The Labute approximate surface area is 171 Å². The van der Waals surface area contributed by atoms with E-state index in [1.165, 1.54) is 12.1 Å². The van der Waals surface area contributed by atoms with Gasteiger partial charge in [0.1, 0.15) is 11.6 Å². The van der Waals surface area contributed by atoms with Crippen molar-refractivity contribution in [3.8, 4) is 6.07 Å². The number of nitrogens with zero attached hydrogens (tertiary/aromatic N) is 4. The van der Waals surface area contributed by atoms with Crippen molar-refractivity contribution in [1.82, 2.24) is 15.6 Å². The maximum Gasteiger partial charge on any atom is 0.191 e. The number of aryl methyl sites for hydroxylation is 1. The van der Waals surface area contributed by atoms with Gasteiger partial charge in [-0.15, -0.1) is 0 Å². The van der Waals surface area contributed by atoms with E-state index < -0.39 is 0 Å². The van der Waals surface area contributed by atoms with Crippen LogP contribution in [0.2, 0.25) is 0 Å². The minimum Gasteiger partial charge on any atom is -0.357 e. The fraction of sp³-hybridized carbons (Fsp3) is 0.409. The van der Waals surface area contributed by atoms with E-state index in [1.54, 1.807) is 6.07 Å². The van der Waals surface area contributed by atoms with Crippen LogP contribution in [0.15, 0.2) is 41.4 Å². The third-order valence-corrected chi connectivity index (χ3v) is 4.96. The van der Waals surface area contributed by atoms with Crippen molar-refractivity contribution in [3.63, 3.8) is 0 Å². The molecule has 0 spiro atoms. The molecule has 2 aromatic rings. The maximum atomic E-state index is 14.0. The van der Waals surface area contributed by atoms with Crippen LogP contribution in [0.3, 0.4) is 0 Å². The van der Waals surface area contributed by atoms with Crippen molar-refractivity contribution < 1.29 is 4.39 Å². The number of hydrogen-bond acceptors (Lipinski definition) is 4. The summed E-state index contributed by atoms with van der Waals surface area (Å²) in [6.07, 6.45) is 1.94. The maximum absolute atomic E-state index is 14.0. The van der Waals surface area contributed by atoms with Gasteiger partial charge >= 0.3 is 0 Å². The Kier molecular flexibility index (Phi) is 7.01. The first-order valence-corrected chi connectivity index (χ1v) is 10.0. The summed E-state index contributed by atoms with van der Waals surface area (Å²) in [5.74, 6) is 1.35. The predicted molar refractivity (Wildman–Crippen MR) is 113 cm³/mol. The van der Waals surface area contributed by atoms with Crippen LogP contribution in [0, 0.1) is 24.1 Å². The van der Waals surface area contributed by atoms with Gasteiger partial charge in [-0.1, -0.05) is 6.07 Å². The van der Waals surface area contributed by atoms with Crippen LogP contribution >= 0.6 is 0 Å². The summed E-state index contributed by atoms with van der Waals surface area (Å²) in [5, 5.41) is 15.7. The Balaban J connectivity index is 1.60. The van der Waals surface area contributed by atoms with Gasteiger partial charge in [0.15, 0.2) is 5.96 Å². The summed E-state index contributed by atoms with van der Waals surface area (Å²) in [5.41, 5.74) is 1.88. The number of nitrogens with one attached hydrogen (secondary N) is 2. The van der Waals surface area contributed by atoms with E-state index in [0.29, 0.717) is 23.1 Å². The highest BCUT2D eigenvalue weighted by Gasteiger charge is 2.21. The molecule has 1 fully saturated rings. The Hall–Kier alpha value is -3.14. The first-order chi connectivity index (χ1) is 14.1. The standard InChI is InChI=1S/C22H27FN6/c1-3-25-22(26-15-18-13-17(14-24)7-8-20(18)23)28-19-9-11-29(12-10-19)21-6-4-5-16(2)27-21/h4-8,13,19H,3,9-12,15H2,1-2H3,(H2,25,26,28). The summed E-state index contributed by atoms with van der Waals surface area (Å²) >= 11 is 0. The fourth-order valence-electron chi connectivity index (χ4n) is 3.40. The average molecular weight is 394 g/mol. The lowest BCUT2D eigenvalue weighted by Crippen LogP contribution is -2.48. The van der Waals surface area contributed by atoms with E-state index in [4.69, 9.17) is 5.26 Å². The molecule has 1 aromatic heterocycles. The SMILES string of the molecule is CCNC(=NCc1cc(C#N)ccc1F)NC1CCN(c2cccc(C)n2)CC1. The molecule has 0 unspecified atom stereocenters. The number of pyridine rings is 1. The van der Waals surface area contributed by atoms with Gasteiger partial charge in [-0.2, -0.15) is 5.26 Å². The van der Waals surface area contributed by atoms with Crippen LogP contribution in [0.25, 0.3) is 0 Å². The topological polar surface area (TPSA) is 76.3 Å². The molecule has 1 aliphatic heterocycles. The monoisotopic (exact) mass is 394 g/mol. The van der Waals surface area contributed by atoms with E-state index in [-0.39, 0.29) is 12.4 Å². The quantitative estimate of drug-likeness (QED) is 0.602. The van der Waals surface area contributed by atoms with Crippen LogP contribution in [0.4, 0.5) is 10.2 Å². The normalized spacial score (nSPS) is 15.1. The van der Waals surface area contributed by atoms with Crippen molar-refractivity contribution in [2.75, 3.05) is 24.5 Å². The number of guanidine groups is 1. The van der Waals surface area contributed by atoms with Gasteiger partial charge in [-0.3, -0.25) is 0 Å². The molecule has 0 radical (unpaired) electrons. The number of piperidine rings is 1. The zero-order valence-electron chi connectivity index (χ0n) is 17.0. The van der Waals surface area contributed by atoms with Crippen LogP contribution in [0.1, 0.15) is 36.6 Å². The predicted octanol–water partition coefficient (Wildman–Crippen LogP) is 3.12. The third-order valence-electron chi connectivity index (χ3n) is 4.96. The molecule has 6 nitrogen and oxygen atoms in total. The van der Waals surface area contributed by atoms with Crippen LogP contribution < -0.4 is 15.5 Å². The van der Waals surface area contributed by atoms with E-state index in [1.807, 2.05) is 32.0 Å². The van der Waals surface area contributed by atoms with Gasteiger partial charge in [0, 0.05) is 36.9 Å². The van der Waals surface area contributed by atoms with E-state index >= 15 is 0 Å². The van der Waals surface area contributed by atoms with Gasteiger partial charge < -0.3 is 15.5 Å². The molecule has 1 saturated heterocycles. The molecule has 0 aliphatic carbocycles. The summed E-state index contributed by atoms with van der Waals surface area (Å²) in [4.78, 5) is 11.4. The molecule has 29 heavy (non-hydrogen) atoms. The zero-order chi connectivity index (χ0) is 20.6. The summed E-state index contributed by atoms with van der Waals surface area (Å²) in [6, 6.07) is 12.8. The van der Waals surface area contributed by atoms with Crippen molar-refractivity contribution in [2.24, 2.45) is 4.99 Å². The lowest BCUT2D eigenvalue weighted by molar-refractivity contribution is 0.459. The van der Waals surface area contributed by atoms with E-state index in [0.717, 1.165) is 44.0 Å². The molecule has 152 valence electrons. The second-order valence-electron chi connectivity index (χ2n) is 7.16. The summed E-state index contributed by atoms with van der Waals surface area (Å²) in [7, 11) is 0. The van der Waals surface area contributed by atoms with Gasteiger partial charge in [0.2, 0.25) is 0 Å². The molecule has 0 atom stereocenters. The number of rotatable bonds is 5. The van der Waals surface area contributed by atoms with Gasteiger partial charge in [-0.25, -0.2) is 14.4 Å². The van der Waals surface area contributed by atoms with Crippen LogP contribution in [0.5, 0.6) is 0 Å². The Morgan fingerprint density at radius 1 is 1.31 bits per heavy atom. The van der Waals surface area contributed by atoms with Gasteiger partial charge in [0.05, 0.1) is 18.2 Å². The highest BCUT2D eigenvalue weighted by molar-refractivity contribution is 5.80. The number of hydrogen-bond donors (Lipinski definition) is 2. The number of aliphatic imine (C=N–C) groups is 1. The summed E-state index contributed by atoms with van der Waals surface area (Å²) < 4.78 is 14.0. The third kappa shape index (κ3) is 5.67. The molecule has 3 rings (SSSR count). The first kappa shape index (κ1) is 20.6. The average Bonchev–Trinajstić information content (AvgIpc) is 2.73. The number of aromatic nitrogens is 1. The number of benzene rings is 1. The molecule has 7 heteroatoms. The minimum absolute atomic E-state index is 0.183. The highest BCUT2D eigenvalue weighted by Crippen LogP contribution is 2.18. The van der Waals surface area contributed by atoms with Crippen LogP contribution in [-0.4, -0.2) is 36.6 Å². The second kappa shape index (κ2) is 9.87. The molecule has 1 aliphatic rings. The smallest absolute Gasteiger partial charge is 0.191 e. The first-order valence-electron chi connectivity index (χ1n) is 10.0. The largest absolute Gasteiger partial charge is 0.357 e. The number of halogens is 1. The zero-order valence-corrected chi connectivity index (χ0v) is 17.0. The van der Waals surface area contributed by atoms with Crippen molar-refractivity contribution in [2.45, 2.75) is 39.3 Å². The van der Waals surface area contributed by atoms with E-state index in [2.05, 4.69) is 31.6 Å². The molecular formula is C22H27FN6. The molecule has 2 N–H and O–H groups in total. The molecular weight excluding hydrogens is 367 g/mol. The number of nitriles is 1. The molecule has 0 amide bonds. The molecule has 0 saturated carbocycles. The minimum atomic E-state index is -0.345. The number of anilines is 1. The van der Waals surface area contributed by atoms with E-state index in [9.17, 15) is 4.39 Å². The molecule has 2 heterocycles. The lowest BCUT2D eigenvalue weighted by atomic mass is 10.1. The molecule has 0 bridgehead atoms. The summed E-state index contributed by atoms with van der Waals surface area (Å²) in [6.45, 7) is 6.76. The Morgan fingerprint density at radius 3 is 2.79 bits per heavy atom. The lowest BCUT2D eigenvalue weighted by Gasteiger charge is -2.34. The second-order valence-corrected chi connectivity index (χ2v) is 7.16. The van der Waals surface area contributed by atoms with Crippen LogP contribution in [-0.2, 0) is 6.54 Å². The Bertz CT molecular complexity index is 896. The fourth-order valence-corrected chi connectivity index (χ4v) is 3.40. The Morgan fingerprint density at radius 2 is 2.10 bits per heavy atom. The highest BCUT2D eigenvalue weighted by atomic mass is 19.1. The van der Waals surface area contributed by atoms with Gasteiger partial charge in [-0.05, 0) is 57.0 Å². The van der Waals surface area contributed by atoms with Crippen molar-refractivity contribution in [3.05, 3.63) is 59.0 Å². The van der Waals surface area contributed by atoms with Crippen molar-refractivity contribution in [1.29, 1.82) is 5.26 Å².